The normalized spacial score (nSPS) is 11.9. The highest BCUT2D eigenvalue weighted by Gasteiger charge is 2.19. The topological polar surface area (TPSA) is 93.2 Å². The minimum Gasteiger partial charge on any atom is -0.484 e. The molecule has 9 heteroatoms. The molecule has 2 N–H and O–H groups in total. The number of nitrogens with zero attached hydrogens (tertiary/aromatic N) is 2. The van der Waals surface area contributed by atoms with Gasteiger partial charge in [-0.05, 0) is 45.4 Å². The molecule has 0 saturated carbocycles. The number of thiophene rings is 1. The van der Waals surface area contributed by atoms with Crippen molar-refractivity contribution < 1.29 is 14.3 Å². The highest BCUT2D eigenvalue weighted by Crippen LogP contribution is 2.35. The summed E-state index contributed by atoms with van der Waals surface area (Å²) in [6.45, 7) is 7.61. The van der Waals surface area contributed by atoms with E-state index < -0.39 is 11.2 Å². The maximum Gasteiger partial charge on any atom is 0.276 e. The molecule has 1 atom stereocenters. The van der Waals surface area contributed by atoms with Crippen molar-refractivity contribution >= 4 is 45.1 Å². The van der Waals surface area contributed by atoms with Gasteiger partial charge in [0, 0.05) is 10.3 Å². The smallest absolute Gasteiger partial charge is 0.276 e. The summed E-state index contributed by atoms with van der Waals surface area (Å²) in [7, 11) is 0. The first-order chi connectivity index (χ1) is 13.8. The highest BCUT2D eigenvalue weighted by molar-refractivity contribution is 8.00. The van der Waals surface area contributed by atoms with Crippen LogP contribution in [0.2, 0.25) is 0 Å². The molecule has 3 rings (SSSR count). The summed E-state index contributed by atoms with van der Waals surface area (Å²) in [6, 6.07) is 7.37. The lowest BCUT2D eigenvalue weighted by Gasteiger charge is -2.13. The average molecular weight is 431 g/mol. The number of nitrogens with one attached hydrogen (secondary N) is 2. The summed E-state index contributed by atoms with van der Waals surface area (Å²) >= 11 is 2.94. The SMILES string of the molecule is Cc1ccc(OCC(=O)NNC(=O)[C@@H](C)Sc2ncnc3sc(C)c(C)c23)cc1. The van der Waals surface area contributed by atoms with Gasteiger partial charge in [-0.15, -0.1) is 11.3 Å². The Morgan fingerprint density at radius 2 is 1.86 bits per heavy atom. The fourth-order valence-corrected chi connectivity index (χ4v) is 4.55. The third-order valence-corrected chi connectivity index (χ3v) is 6.52. The number of fused-ring (bicyclic) bond motifs is 1. The number of hydrazine groups is 1. The van der Waals surface area contributed by atoms with Gasteiger partial charge in [0.05, 0.1) is 5.25 Å². The first-order valence-electron chi connectivity index (χ1n) is 9.00. The van der Waals surface area contributed by atoms with E-state index in [2.05, 4.69) is 20.8 Å². The van der Waals surface area contributed by atoms with Crippen molar-refractivity contribution in [3.05, 3.63) is 46.6 Å². The second kappa shape index (κ2) is 9.23. The van der Waals surface area contributed by atoms with Crippen LogP contribution < -0.4 is 15.6 Å². The van der Waals surface area contributed by atoms with Gasteiger partial charge in [0.25, 0.3) is 11.8 Å². The zero-order valence-corrected chi connectivity index (χ0v) is 18.2. The number of ether oxygens (including phenoxy) is 1. The van der Waals surface area contributed by atoms with Gasteiger partial charge in [0.2, 0.25) is 0 Å². The molecule has 7 nitrogen and oxygen atoms in total. The van der Waals surface area contributed by atoms with Gasteiger partial charge in [-0.2, -0.15) is 0 Å². The Labute approximate surface area is 177 Å². The summed E-state index contributed by atoms with van der Waals surface area (Å²) in [5.41, 5.74) is 7.04. The molecular weight excluding hydrogens is 408 g/mol. The first-order valence-corrected chi connectivity index (χ1v) is 10.7. The van der Waals surface area contributed by atoms with E-state index in [-0.39, 0.29) is 12.5 Å². The molecule has 0 spiro atoms. The van der Waals surface area contributed by atoms with E-state index >= 15 is 0 Å². The summed E-state index contributed by atoms with van der Waals surface area (Å²) in [4.78, 5) is 35.0. The van der Waals surface area contributed by atoms with E-state index in [1.807, 2.05) is 32.9 Å². The Bertz CT molecular complexity index is 1030. The summed E-state index contributed by atoms with van der Waals surface area (Å²) in [6.07, 6.45) is 1.51. The van der Waals surface area contributed by atoms with Gasteiger partial charge in [0.15, 0.2) is 6.61 Å². The van der Waals surface area contributed by atoms with Crippen LogP contribution in [0, 0.1) is 20.8 Å². The van der Waals surface area contributed by atoms with Crippen LogP contribution in [0.5, 0.6) is 5.75 Å². The summed E-state index contributed by atoms with van der Waals surface area (Å²) in [5.74, 6) is -0.171. The van der Waals surface area contributed by atoms with Crippen LogP contribution in [-0.2, 0) is 9.59 Å². The minimum absolute atomic E-state index is 0.190. The monoisotopic (exact) mass is 430 g/mol. The Kier molecular flexibility index (Phi) is 6.71. The van der Waals surface area contributed by atoms with Crippen molar-refractivity contribution in [2.24, 2.45) is 0 Å². The fraction of sp³-hybridized carbons (Fsp3) is 0.300. The van der Waals surface area contributed by atoms with E-state index in [4.69, 9.17) is 4.74 Å². The molecule has 2 heterocycles. The molecule has 0 bridgehead atoms. The number of benzene rings is 1. The van der Waals surface area contributed by atoms with Crippen molar-refractivity contribution in [2.45, 2.75) is 38.0 Å². The van der Waals surface area contributed by atoms with E-state index in [9.17, 15) is 9.59 Å². The Balaban J connectivity index is 1.52. The van der Waals surface area contributed by atoms with Gasteiger partial charge in [-0.25, -0.2) is 9.97 Å². The molecule has 1 aromatic carbocycles. The zero-order chi connectivity index (χ0) is 21.0. The fourth-order valence-electron chi connectivity index (χ4n) is 2.51. The number of thioether (sulfide) groups is 1. The first kappa shape index (κ1) is 21.1. The third-order valence-electron chi connectivity index (χ3n) is 4.30. The van der Waals surface area contributed by atoms with Gasteiger partial charge in [0.1, 0.15) is 21.9 Å². The van der Waals surface area contributed by atoms with Crippen LogP contribution in [-0.4, -0.2) is 33.6 Å². The van der Waals surface area contributed by atoms with Crippen molar-refractivity contribution in [3.63, 3.8) is 0 Å². The number of rotatable bonds is 6. The quantitative estimate of drug-likeness (QED) is 0.354. The molecular formula is C20H22N4O3S2. The van der Waals surface area contributed by atoms with Gasteiger partial charge in [-0.1, -0.05) is 29.5 Å². The molecule has 2 aromatic heterocycles. The predicted octanol–water partition coefficient (Wildman–Crippen LogP) is 3.32. The number of carbonyl (C=O) groups is 2. The second-order valence-electron chi connectivity index (χ2n) is 6.54. The van der Waals surface area contributed by atoms with Gasteiger partial charge >= 0.3 is 0 Å². The van der Waals surface area contributed by atoms with E-state index in [1.165, 1.54) is 23.0 Å². The summed E-state index contributed by atoms with van der Waals surface area (Å²) < 4.78 is 5.39. The number of hydrogen-bond donors (Lipinski definition) is 2. The molecule has 2 amide bonds. The van der Waals surface area contributed by atoms with E-state index in [0.29, 0.717) is 5.75 Å². The van der Waals surface area contributed by atoms with E-state index in [1.54, 1.807) is 30.4 Å². The molecule has 0 aliphatic carbocycles. The molecule has 0 radical (unpaired) electrons. The molecule has 0 aliphatic heterocycles. The highest BCUT2D eigenvalue weighted by atomic mass is 32.2. The van der Waals surface area contributed by atoms with Crippen LogP contribution in [0.15, 0.2) is 35.6 Å². The zero-order valence-electron chi connectivity index (χ0n) is 16.6. The van der Waals surface area contributed by atoms with Crippen LogP contribution in [0.3, 0.4) is 0 Å². The summed E-state index contributed by atoms with van der Waals surface area (Å²) in [5, 5.41) is 1.29. The van der Waals surface area contributed by atoms with Crippen molar-refractivity contribution in [1.82, 2.24) is 20.8 Å². The molecule has 0 aliphatic rings. The van der Waals surface area contributed by atoms with Gasteiger partial charge < -0.3 is 4.74 Å². The van der Waals surface area contributed by atoms with Crippen LogP contribution in [0.4, 0.5) is 0 Å². The molecule has 0 saturated heterocycles. The molecule has 0 fully saturated rings. The van der Waals surface area contributed by atoms with Crippen molar-refractivity contribution in [1.29, 1.82) is 0 Å². The van der Waals surface area contributed by atoms with Crippen LogP contribution >= 0.6 is 23.1 Å². The largest absolute Gasteiger partial charge is 0.484 e. The number of carbonyl (C=O) groups excluding carboxylic acids is 2. The average Bonchev–Trinajstić information content (AvgIpc) is 3.00. The van der Waals surface area contributed by atoms with Crippen LogP contribution in [0.1, 0.15) is 22.9 Å². The number of hydrogen-bond acceptors (Lipinski definition) is 7. The van der Waals surface area contributed by atoms with Gasteiger partial charge in [-0.3, -0.25) is 20.4 Å². The molecule has 3 aromatic rings. The number of aryl methyl sites for hydroxylation is 3. The number of aromatic nitrogens is 2. The number of amides is 2. The lowest BCUT2D eigenvalue weighted by Crippen LogP contribution is -2.46. The molecule has 0 unspecified atom stereocenters. The van der Waals surface area contributed by atoms with Crippen molar-refractivity contribution in [2.75, 3.05) is 6.61 Å². The second-order valence-corrected chi connectivity index (χ2v) is 9.07. The maximum absolute atomic E-state index is 12.4. The van der Waals surface area contributed by atoms with Crippen LogP contribution in [0.25, 0.3) is 10.2 Å². The Hall–Kier alpha value is -2.65. The lowest BCUT2D eigenvalue weighted by molar-refractivity contribution is -0.129. The Morgan fingerprint density at radius 1 is 1.14 bits per heavy atom. The molecule has 29 heavy (non-hydrogen) atoms. The Morgan fingerprint density at radius 3 is 2.59 bits per heavy atom. The predicted molar refractivity (Wildman–Crippen MR) is 115 cm³/mol. The van der Waals surface area contributed by atoms with E-state index in [0.717, 1.165) is 26.4 Å². The standard InChI is InChI=1S/C20H22N4O3S2/c1-11-5-7-15(8-6-11)27-9-16(25)23-24-18(26)14(4)29-20-17-12(2)13(3)28-19(17)21-10-22-20/h5-8,10,14H,9H2,1-4H3,(H,23,25)(H,24,26)/t14-/m1/s1. The minimum atomic E-state index is -0.453. The maximum atomic E-state index is 12.4. The van der Waals surface area contributed by atoms with Crippen molar-refractivity contribution in [3.8, 4) is 5.75 Å². The third kappa shape index (κ3) is 5.24. The lowest BCUT2D eigenvalue weighted by atomic mass is 10.2. The molecule has 152 valence electrons.